The second-order valence-electron chi connectivity index (χ2n) is 11.8. The van der Waals surface area contributed by atoms with E-state index in [1.165, 1.54) is 6.33 Å². The average molecular weight is 606 g/mol. The van der Waals surface area contributed by atoms with Crippen LogP contribution in [0.4, 0.5) is 10.6 Å². The molecule has 1 fully saturated rings. The molecule has 2 amide bonds. The third-order valence-electron chi connectivity index (χ3n) is 7.26. The van der Waals surface area contributed by atoms with Crippen molar-refractivity contribution in [3.63, 3.8) is 0 Å². The zero-order valence-corrected chi connectivity index (χ0v) is 25.3. The van der Waals surface area contributed by atoms with Crippen LogP contribution in [-0.2, 0) is 32.2 Å². The van der Waals surface area contributed by atoms with Gasteiger partial charge in [0.15, 0.2) is 22.9 Å². The number of guanidine groups is 1. The minimum absolute atomic E-state index is 0.0163. The Hall–Kier alpha value is -4.75. The van der Waals surface area contributed by atoms with Crippen molar-refractivity contribution in [2.45, 2.75) is 64.8 Å². The average Bonchev–Trinajstić information content (AvgIpc) is 3.43. The largest absolute Gasteiger partial charge is 0.458 e. The summed E-state index contributed by atoms with van der Waals surface area (Å²) in [5, 5.41) is 8.68. The highest BCUT2D eigenvalue weighted by molar-refractivity contribution is 5.98. The van der Waals surface area contributed by atoms with Crippen LogP contribution in [0.15, 0.2) is 48.0 Å². The minimum Gasteiger partial charge on any atom is -0.458 e. The number of carbonyl (C=O) groups excluding carboxylic acids is 3. The number of piperidine rings is 1. The van der Waals surface area contributed by atoms with Crippen LogP contribution in [0.25, 0.3) is 11.2 Å². The topological polar surface area (TPSA) is 165 Å². The SMILES string of the molecule is CC(C)(C)OC(=O)[C@H](Cn1cnc2c(N3CCC(C(=O)NC4=NCCCN4)CC3)ncnc21)NC(=O)OCc1ccccc1. The van der Waals surface area contributed by atoms with Gasteiger partial charge in [-0.25, -0.2) is 24.5 Å². The number of imidazole rings is 1. The molecule has 14 heteroatoms. The number of nitrogens with one attached hydrogen (secondary N) is 3. The van der Waals surface area contributed by atoms with Gasteiger partial charge in [-0.05, 0) is 45.6 Å². The normalized spacial score (nSPS) is 16.4. The first kappa shape index (κ1) is 30.7. The second-order valence-corrected chi connectivity index (χ2v) is 11.8. The molecular weight excluding hydrogens is 566 g/mol. The fraction of sp³-hybridized carbons (Fsp3) is 0.500. The highest BCUT2D eigenvalue weighted by Gasteiger charge is 2.30. The van der Waals surface area contributed by atoms with Crippen molar-refractivity contribution < 1.29 is 23.9 Å². The number of nitrogens with zero attached hydrogens (tertiary/aromatic N) is 6. The van der Waals surface area contributed by atoms with Crippen molar-refractivity contribution in [1.29, 1.82) is 0 Å². The van der Waals surface area contributed by atoms with Crippen LogP contribution in [0.1, 0.15) is 45.6 Å². The number of hydrogen-bond acceptors (Lipinski definition) is 11. The Bertz CT molecular complexity index is 1490. The molecule has 0 aliphatic carbocycles. The molecule has 0 radical (unpaired) electrons. The third kappa shape index (κ3) is 7.99. The molecule has 0 unspecified atom stereocenters. The number of anilines is 1. The van der Waals surface area contributed by atoms with E-state index >= 15 is 0 Å². The van der Waals surface area contributed by atoms with Crippen molar-refractivity contribution in [2.24, 2.45) is 10.9 Å². The standard InChI is InChI=1S/C30H39N9O5/c1-30(2,3)44-27(41)22(36-29(42)43-17-20-8-5-4-6-9-20)16-39-19-35-23-24(33-18-34-25(23)39)38-14-10-21(11-15-38)26(40)37-28-31-12-7-13-32-28/h4-6,8-9,18-19,21-22H,7,10-17H2,1-3H3,(H,36,42)(H2,31,32,37,40)/t22-/m0/s1. The first-order valence-corrected chi connectivity index (χ1v) is 14.9. The molecule has 2 aliphatic heterocycles. The van der Waals surface area contributed by atoms with Crippen LogP contribution in [0, 0.1) is 5.92 Å². The van der Waals surface area contributed by atoms with Crippen LogP contribution in [0.2, 0.25) is 0 Å². The van der Waals surface area contributed by atoms with Crippen LogP contribution in [0.5, 0.6) is 0 Å². The van der Waals surface area contributed by atoms with Gasteiger partial charge in [0, 0.05) is 32.1 Å². The first-order valence-electron chi connectivity index (χ1n) is 14.9. The molecule has 2 aromatic heterocycles. The maximum atomic E-state index is 13.1. The number of aromatic nitrogens is 4. The monoisotopic (exact) mass is 605 g/mol. The van der Waals surface area contributed by atoms with E-state index in [2.05, 4.69) is 40.8 Å². The number of ether oxygens (including phenoxy) is 2. The second kappa shape index (κ2) is 13.7. The lowest BCUT2D eigenvalue weighted by molar-refractivity contribution is -0.157. The van der Waals surface area contributed by atoms with Crippen molar-refractivity contribution in [2.75, 3.05) is 31.1 Å². The molecule has 0 saturated carbocycles. The smallest absolute Gasteiger partial charge is 0.408 e. The lowest BCUT2D eigenvalue weighted by Crippen LogP contribution is -2.48. The number of esters is 1. The Labute approximate surface area is 255 Å². The van der Waals surface area contributed by atoms with Gasteiger partial charge in [0.2, 0.25) is 5.91 Å². The van der Waals surface area contributed by atoms with E-state index in [-0.39, 0.29) is 25.0 Å². The number of aliphatic imine (C=N–C) groups is 1. The van der Waals surface area contributed by atoms with E-state index in [0.717, 1.165) is 18.5 Å². The van der Waals surface area contributed by atoms with Gasteiger partial charge < -0.3 is 29.6 Å². The fourth-order valence-electron chi connectivity index (χ4n) is 5.08. The van der Waals surface area contributed by atoms with Gasteiger partial charge in [0.25, 0.3) is 0 Å². The van der Waals surface area contributed by atoms with Gasteiger partial charge in [-0.3, -0.25) is 15.1 Å². The maximum Gasteiger partial charge on any atom is 0.408 e. The highest BCUT2D eigenvalue weighted by Crippen LogP contribution is 2.27. The lowest BCUT2D eigenvalue weighted by atomic mass is 9.96. The Morgan fingerprint density at radius 1 is 1.09 bits per heavy atom. The molecule has 14 nitrogen and oxygen atoms in total. The molecule has 4 heterocycles. The fourth-order valence-corrected chi connectivity index (χ4v) is 5.08. The summed E-state index contributed by atoms with van der Waals surface area (Å²) in [7, 11) is 0. The van der Waals surface area contributed by atoms with Crippen molar-refractivity contribution >= 4 is 40.9 Å². The predicted molar refractivity (Wildman–Crippen MR) is 163 cm³/mol. The molecule has 234 valence electrons. The molecule has 0 bridgehead atoms. The zero-order valence-electron chi connectivity index (χ0n) is 25.3. The summed E-state index contributed by atoms with van der Waals surface area (Å²) in [5.74, 6) is 0.429. The Balaban J connectivity index is 1.25. The Morgan fingerprint density at radius 2 is 1.86 bits per heavy atom. The van der Waals surface area contributed by atoms with E-state index in [0.29, 0.717) is 55.4 Å². The summed E-state index contributed by atoms with van der Waals surface area (Å²) < 4.78 is 12.6. The van der Waals surface area contributed by atoms with Gasteiger partial charge in [-0.2, -0.15) is 0 Å². The molecule has 1 atom stereocenters. The molecule has 3 aromatic rings. The molecule has 1 aromatic carbocycles. The molecule has 1 saturated heterocycles. The molecule has 5 rings (SSSR count). The minimum atomic E-state index is -1.06. The first-order chi connectivity index (χ1) is 21.2. The summed E-state index contributed by atoms with van der Waals surface area (Å²) in [4.78, 5) is 58.5. The number of hydrogen-bond donors (Lipinski definition) is 3. The zero-order chi connectivity index (χ0) is 31.1. The number of fused-ring (bicyclic) bond motifs is 1. The molecule has 0 spiro atoms. The van der Waals surface area contributed by atoms with Crippen molar-refractivity contribution in [3.05, 3.63) is 48.5 Å². The van der Waals surface area contributed by atoms with Gasteiger partial charge in [-0.15, -0.1) is 0 Å². The quantitative estimate of drug-likeness (QED) is 0.324. The van der Waals surface area contributed by atoms with Crippen LogP contribution in [0.3, 0.4) is 0 Å². The summed E-state index contributed by atoms with van der Waals surface area (Å²) >= 11 is 0. The molecule has 2 aliphatic rings. The van der Waals surface area contributed by atoms with Crippen molar-refractivity contribution in [3.8, 4) is 0 Å². The van der Waals surface area contributed by atoms with Crippen LogP contribution >= 0.6 is 0 Å². The van der Waals surface area contributed by atoms with Crippen LogP contribution in [-0.4, -0.2) is 81.3 Å². The van der Waals surface area contributed by atoms with Crippen molar-refractivity contribution in [1.82, 2.24) is 35.5 Å². The summed E-state index contributed by atoms with van der Waals surface area (Å²) in [6, 6.07) is 8.20. The lowest BCUT2D eigenvalue weighted by Gasteiger charge is -2.32. The Kier molecular flexibility index (Phi) is 9.56. The molecule has 44 heavy (non-hydrogen) atoms. The number of rotatable bonds is 8. The molecular formula is C30H39N9O5. The van der Waals surface area contributed by atoms with Gasteiger partial charge in [0.1, 0.15) is 24.6 Å². The maximum absolute atomic E-state index is 13.1. The van der Waals surface area contributed by atoms with Gasteiger partial charge >= 0.3 is 12.1 Å². The van der Waals surface area contributed by atoms with E-state index in [1.807, 2.05) is 30.3 Å². The summed E-state index contributed by atoms with van der Waals surface area (Å²) in [6.07, 6.45) is 4.53. The third-order valence-corrected chi connectivity index (χ3v) is 7.26. The summed E-state index contributed by atoms with van der Waals surface area (Å²) in [5.41, 5.74) is 1.12. The Morgan fingerprint density at radius 3 is 2.57 bits per heavy atom. The van der Waals surface area contributed by atoms with E-state index < -0.39 is 23.7 Å². The number of benzene rings is 1. The summed E-state index contributed by atoms with van der Waals surface area (Å²) in [6.45, 7) is 8.11. The number of carbonyl (C=O) groups is 3. The van der Waals surface area contributed by atoms with E-state index in [1.54, 1.807) is 31.7 Å². The van der Waals surface area contributed by atoms with Crippen LogP contribution < -0.4 is 20.9 Å². The highest BCUT2D eigenvalue weighted by atomic mass is 16.6. The van der Waals surface area contributed by atoms with Gasteiger partial charge in [-0.1, -0.05) is 30.3 Å². The van der Waals surface area contributed by atoms with E-state index in [9.17, 15) is 14.4 Å². The molecule has 3 N–H and O–H groups in total. The van der Waals surface area contributed by atoms with E-state index in [4.69, 9.17) is 9.47 Å². The predicted octanol–water partition coefficient (Wildman–Crippen LogP) is 2.14. The van der Waals surface area contributed by atoms with Gasteiger partial charge in [0.05, 0.1) is 12.9 Å². The number of amides is 2. The number of alkyl carbamates (subject to hydrolysis) is 1.